The molecule has 0 spiro atoms. The van der Waals surface area contributed by atoms with Crippen LogP contribution in [-0.4, -0.2) is 38.5 Å². The molecule has 154 valence electrons. The average Bonchev–Trinajstić information content (AvgIpc) is 3.31. The number of hydrogen-bond donors (Lipinski definition) is 0. The molecule has 0 aliphatic carbocycles. The molecule has 0 saturated heterocycles. The minimum atomic E-state index is -0.481. The molecule has 0 radical (unpaired) electrons. The number of carbonyl (C=O) groups excluding carboxylic acids is 1. The van der Waals surface area contributed by atoms with Crippen LogP contribution >= 0.6 is 11.3 Å². The molecule has 0 unspecified atom stereocenters. The Morgan fingerprint density at radius 2 is 2.00 bits per heavy atom. The number of thiophene rings is 1. The monoisotopic (exact) mass is 424 g/mol. The van der Waals surface area contributed by atoms with Gasteiger partial charge >= 0.3 is 5.97 Å². The van der Waals surface area contributed by atoms with Gasteiger partial charge in [-0.1, -0.05) is 18.2 Å². The van der Waals surface area contributed by atoms with Crippen molar-refractivity contribution in [1.82, 2.24) is 19.3 Å². The van der Waals surface area contributed by atoms with E-state index in [1.807, 2.05) is 43.6 Å². The van der Waals surface area contributed by atoms with Gasteiger partial charge in [0.1, 0.15) is 28.7 Å². The van der Waals surface area contributed by atoms with Gasteiger partial charge in [-0.2, -0.15) is 5.10 Å². The van der Waals surface area contributed by atoms with Crippen LogP contribution in [0.5, 0.6) is 5.75 Å². The third-order valence-electron chi connectivity index (χ3n) is 4.54. The zero-order valence-corrected chi connectivity index (χ0v) is 17.4. The smallest absolute Gasteiger partial charge is 0.348 e. The number of rotatable bonds is 7. The average molecular weight is 424 g/mol. The first kappa shape index (κ1) is 19.8. The van der Waals surface area contributed by atoms with E-state index in [9.17, 15) is 9.59 Å². The van der Waals surface area contributed by atoms with Gasteiger partial charge in [0.25, 0.3) is 5.56 Å². The zero-order chi connectivity index (χ0) is 21.1. The Morgan fingerprint density at radius 3 is 2.73 bits per heavy atom. The van der Waals surface area contributed by atoms with E-state index in [4.69, 9.17) is 9.47 Å². The fourth-order valence-corrected chi connectivity index (χ4v) is 4.13. The summed E-state index contributed by atoms with van der Waals surface area (Å²) in [5.74, 6) is 0.232. The summed E-state index contributed by atoms with van der Waals surface area (Å²) < 4.78 is 14.0. The topological polar surface area (TPSA) is 88.2 Å². The number of aromatic nitrogens is 4. The van der Waals surface area contributed by atoms with Gasteiger partial charge in [0, 0.05) is 18.8 Å². The molecule has 0 aliphatic rings. The quantitative estimate of drug-likeness (QED) is 0.335. The molecule has 4 rings (SSSR count). The van der Waals surface area contributed by atoms with Crippen LogP contribution in [0.3, 0.4) is 0 Å². The molecule has 8 nitrogen and oxygen atoms in total. The van der Waals surface area contributed by atoms with Gasteiger partial charge in [0.15, 0.2) is 0 Å². The summed E-state index contributed by atoms with van der Waals surface area (Å²) in [6, 6.07) is 9.31. The predicted molar refractivity (Wildman–Crippen MR) is 113 cm³/mol. The third-order valence-corrected chi connectivity index (χ3v) is 5.72. The Kier molecular flexibility index (Phi) is 5.62. The highest BCUT2D eigenvalue weighted by Crippen LogP contribution is 2.27. The van der Waals surface area contributed by atoms with E-state index >= 15 is 0 Å². The first-order valence-electron chi connectivity index (χ1n) is 9.34. The van der Waals surface area contributed by atoms with Gasteiger partial charge in [-0.15, -0.1) is 11.3 Å². The van der Waals surface area contributed by atoms with Gasteiger partial charge in [0.05, 0.1) is 24.5 Å². The molecule has 4 aromatic rings. The molecule has 0 aliphatic heterocycles. The molecule has 3 aromatic heterocycles. The lowest BCUT2D eigenvalue weighted by Crippen LogP contribution is -2.21. The number of fused-ring (bicyclic) bond motifs is 1. The highest BCUT2D eigenvalue weighted by molar-refractivity contribution is 7.20. The Balaban J connectivity index is 1.47. The third kappa shape index (κ3) is 4.11. The summed E-state index contributed by atoms with van der Waals surface area (Å²) in [6.07, 6.45) is 5.05. The first-order valence-corrected chi connectivity index (χ1v) is 10.2. The molecule has 0 atom stereocenters. The highest BCUT2D eigenvalue weighted by Gasteiger charge is 2.20. The van der Waals surface area contributed by atoms with E-state index in [0.29, 0.717) is 33.0 Å². The lowest BCUT2D eigenvalue weighted by atomic mass is 10.2. The van der Waals surface area contributed by atoms with Gasteiger partial charge in [-0.3, -0.25) is 14.0 Å². The summed E-state index contributed by atoms with van der Waals surface area (Å²) >= 11 is 1.16. The maximum Gasteiger partial charge on any atom is 0.348 e. The van der Waals surface area contributed by atoms with Crippen molar-refractivity contribution in [3.63, 3.8) is 0 Å². The van der Waals surface area contributed by atoms with Crippen LogP contribution in [0.25, 0.3) is 10.2 Å². The Bertz CT molecular complexity index is 1240. The summed E-state index contributed by atoms with van der Waals surface area (Å²) in [6.45, 7) is 2.46. The van der Waals surface area contributed by atoms with Crippen molar-refractivity contribution in [2.45, 2.75) is 13.5 Å². The van der Waals surface area contributed by atoms with E-state index < -0.39 is 5.97 Å². The van der Waals surface area contributed by atoms with Crippen LogP contribution in [0.2, 0.25) is 0 Å². The van der Waals surface area contributed by atoms with Crippen molar-refractivity contribution in [2.24, 2.45) is 7.05 Å². The second-order valence-electron chi connectivity index (χ2n) is 6.73. The molecular formula is C21H20N4O4S. The number of nitrogens with zero attached hydrogens (tertiary/aromatic N) is 4. The number of esters is 1. The van der Waals surface area contributed by atoms with E-state index in [1.54, 1.807) is 17.8 Å². The zero-order valence-electron chi connectivity index (χ0n) is 16.6. The standard InChI is InChI=1S/C21H20N4O4S/c1-14-17-19(22-13-25(20(17)26)12-15-10-23-24(2)11-15)30-18(14)21(27)29-9-8-28-16-6-4-3-5-7-16/h3-7,10-11,13H,8-9,12H2,1-2H3. The number of para-hydroxylation sites is 1. The first-order chi connectivity index (χ1) is 14.5. The SMILES string of the molecule is Cc1c(C(=O)OCCOc2ccccc2)sc2ncn(Cc3cnn(C)c3)c(=O)c12. The number of benzene rings is 1. The van der Waals surface area contributed by atoms with Crippen LogP contribution in [0.1, 0.15) is 20.8 Å². The highest BCUT2D eigenvalue weighted by atomic mass is 32.1. The summed E-state index contributed by atoms with van der Waals surface area (Å²) in [4.78, 5) is 30.7. The Hall–Kier alpha value is -3.46. The van der Waals surface area contributed by atoms with Gasteiger partial charge < -0.3 is 9.47 Å². The van der Waals surface area contributed by atoms with Crippen molar-refractivity contribution in [2.75, 3.05) is 13.2 Å². The minimum absolute atomic E-state index is 0.111. The number of carbonyl (C=O) groups is 1. The molecule has 0 bridgehead atoms. The maximum atomic E-state index is 12.9. The van der Waals surface area contributed by atoms with E-state index in [2.05, 4.69) is 10.1 Å². The molecule has 3 heterocycles. The van der Waals surface area contributed by atoms with E-state index in [1.165, 1.54) is 10.9 Å². The van der Waals surface area contributed by atoms with Crippen molar-refractivity contribution >= 4 is 27.5 Å². The minimum Gasteiger partial charge on any atom is -0.490 e. The van der Waals surface area contributed by atoms with Gasteiger partial charge in [-0.25, -0.2) is 9.78 Å². The van der Waals surface area contributed by atoms with Crippen molar-refractivity contribution in [1.29, 1.82) is 0 Å². The Morgan fingerprint density at radius 1 is 1.20 bits per heavy atom. The Labute approximate surface area is 176 Å². The van der Waals surface area contributed by atoms with Crippen LogP contribution < -0.4 is 10.3 Å². The fraction of sp³-hybridized carbons (Fsp3) is 0.238. The normalized spacial score (nSPS) is 11.0. The molecule has 0 fully saturated rings. The second-order valence-corrected chi connectivity index (χ2v) is 7.73. The molecule has 30 heavy (non-hydrogen) atoms. The van der Waals surface area contributed by atoms with Gasteiger partial charge in [-0.05, 0) is 24.6 Å². The van der Waals surface area contributed by atoms with E-state index in [-0.39, 0.29) is 18.8 Å². The number of hydrogen-bond acceptors (Lipinski definition) is 7. The summed E-state index contributed by atoms with van der Waals surface area (Å²) in [5, 5.41) is 4.56. The summed E-state index contributed by atoms with van der Waals surface area (Å²) in [7, 11) is 1.82. The lowest BCUT2D eigenvalue weighted by Gasteiger charge is -2.07. The predicted octanol–water partition coefficient (Wildman–Crippen LogP) is 2.78. The second kappa shape index (κ2) is 8.50. The lowest BCUT2D eigenvalue weighted by molar-refractivity contribution is 0.0455. The van der Waals surface area contributed by atoms with Crippen LogP contribution in [0, 0.1) is 6.92 Å². The number of aryl methyl sites for hydroxylation is 2. The maximum absolute atomic E-state index is 12.9. The molecule has 0 saturated carbocycles. The summed E-state index contributed by atoms with van der Waals surface area (Å²) in [5.41, 5.74) is 1.29. The van der Waals surface area contributed by atoms with Crippen LogP contribution in [-0.2, 0) is 18.3 Å². The fourth-order valence-electron chi connectivity index (χ4n) is 3.09. The molecule has 0 N–H and O–H groups in total. The van der Waals surface area contributed by atoms with Gasteiger partial charge in [0.2, 0.25) is 0 Å². The van der Waals surface area contributed by atoms with Crippen LogP contribution in [0.4, 0.5) is 0 Å². The van der Waals surface area contributed by atoms with Crippen molar-refractivity contribution in [3.8, 4) is 5.75 Å². The molecule has 1 aromatic carbocycles. The van der Waals surface area contributed by atoms with E-state index in [0.717, 1.165) is 16.9 Å². The molecular weight excluding hydrogens is 404 g/mol. The molecule has 0 amide bonds. The van der Waals surface area contributed by atoms with Crippen molar-refractivity contribution < 1.29 is 14.3 Å². The number of ether oxygens (including phenoxy) is 2. The largest absolute Gasteiger partial charge is 0.490 e. The van der Waals surface area contributed by atoms with Crippen molar-refractivity contribution in [3.05, 3.63) is 75.4 Å². The van der Waals surface area contributed by atoms with Crippen LogP contribution in [0.15, 0.2) is 53.8 Å². The molecule has 9 heteroatoms.